The molecule has 0 saturated carbocycles. The second-order valence-electron chi connectivity index (χ2n) is 17.6. The lowest BCUT2D eigenvalue weighted by atomic mass is 9.92. The Labute approximate surface area is 398 Å². The van der Waals surface area contributed by atoms with Crippen LogP contribution in [0.25, 0.3) is 0 Å². The van der Waals surface area contributed by atoms with Gasteiger partial charge in [0.05, 0.1) is 103 Å². The minimum absolute atomic E-state index is 0.0277. The van der Waals surface area contributed by atoms with Crippen molar-refractivity contribution in [3.8, 4) is 0 Å². The van der Waals surface area contributed by atoms with Gasteiger partial charge < -0.3 is 110 Å². The summed E-state index contributed by atoms with van der Waals surface area (Å²) in [6.07, 6.45) is -11.5. The highest BCUT2D eigenvalue weighted by Gasteiger charge is 2.44. The minimum atomic E-state index is -1.28. The van der Waals surface area contributed by atoms with Gasteiger partial charge in [-0.2, -0.15) is 0 Å². The third-order valence-corrected chi connectivity index (χ3v) is 11.9. The topological polar surface area (TPSA) is 378 Å². The fourth-order valence-electron chi connectivity index (χ4n) is 7.42. The maximum absolute atomic E-state index is 12.6. The van der Waals surface area contributed by atoms with E-state index < -0.39 is 117 Å². The summed E-state index contributed by atoms with van der Waals surface area (Å²) in [6, 6.07) is 0. The number of hydrogen-bond acceptors (Lipinski definition) is 22. The molecule has 68 heavy (non-hydrogen) atoms. The lowest BCUT2D eigenvalue weighted by Gasteiger charge is -2.40. The smallest absolute Gasteiger partial charge is 0.222 e. The number of rotatable bonds is 34. The van der Waals surface area contributed by atoms with E-state index in [1.54, 1.807) is 20.8 Å². The molecule has 6 unspecified atom stereocenters. The molecule has 0 radical (unpaired) electrons. The number of aliphatic hydroxyl groups excluding tert-OH is 9. The van der Waals surface area contributed by atoms with Crippen molar-refractivity contribution in [3.05, 3.63) is 0 Å². The van der Waals surface area contributed by atoms with Crippen molar-refractivity contribution in [1.29, 1.82) is 0 Å². The molecule has 3 fully saturated rings. The van der Waals surface area contributed by atoms with E-state index in [0.29, 0.717) is 19.3 Å². The first-order valence-electron chi connectivity index (χ1n) is 24.0. The van der Waals surface area contributed by atoms with Crippen LogP contribution in [0.4, 0.5) is 0 Å². The molecule has 0 aromatic heterocycles. The highest BCUT2D eigenvalue weighted by atomic mass is 16.7. The zero-order chi connectivity index (χ0) is 50.9. The van der Waals surface area contributed by atoms with Crippen molar-refractivity contribution in [2.75, 3.05) is 98.9 Å². The molecular formula is C43H80N4O21. The maximum atomic E-state index is 12.6. The van der Waals surface area contributed by atoms with Gasteiger partial charge in [0.1, 0.15) is 38.0 Å². The number of amides is 3. The Hall–Kier alpha value is -2.35. The molecule has 3 rings (SSSR count). The molecule has 3 saturated heterocycles. The molecule has 0 aromatic rings. The van der Waals surface area contributed by atoms with Crippen LogP contribution in [0.5, 0.6) is 0 Å². The zero-order valence-electron chi connectivity index (χ0n) is 40.4. The van der Waals surface area contributed by atoms with E-state index in [4.69, 9.17) is 44.0 Å². The predicted octanol–water partition coefficient (Wildman–Crippen LogP) is -5.30. The molecule has 3 aliphatic rings. The summed E-state index contributed by atoms with van der Waals surface area (Å²) in [5.41, 5.74) is 1.14. The molecule has 25 heteroatoms. The largest absolute Gasteiger partial charge is 0.394 e. The highest BCUT2D eigenvalue weighted by molar-refractivity contribution is 5.76. The normalized spacial score (nSPS) is 33.1. The van der Waals surface area contributed by atoms with Crippen LogP contribution in [-0.2, 0) is 57.0 Å². The van der Waals surface area contributed by atoms with E-state index in [2.05, 4.69) is 21.7 Å². The molecule has 398 valence electrons. The maximum Gasteiger partial charge on any atom is 0.222 e. The van der Waals surface area contributed by atoms with Crippen LogP contribution in [-0.4, -0.2) is 242 Å². The molecule has 15 atom stereocenters. The third kappa shape index (κ3) is 20.0. The molecule has 0 spiro atoms. The first kappa shape index (κ1) is 58.2. The lowest BCUT2D eigenvalue weighted by Crippen LogP contribution is -2.55. The monoisotopic (exact) mass is 991 g/mol. The summed E-state index contributed by atoms with van der Waals surface area (Å²) < 4.78 is 59.1. The lowest BCUT2D eigenvalue weighted by molar-refractivity contribution is -0.282. The van der Waals surface area contributed by atoms with E-state index in [0.717, 1.165) is 0 Å². The van der Waals surface area contributed by atoms with Crippen molar-refractivity contribution in [1.82, 2.24) is 16.0 Å². The molecule has 3 amide bonds. The number of nitrogens with two attached hydrogens (primary N) is 1. The Morgan fingerprint density at radius 2 is 0.779 bits per heavy atom. The fourth-order valence-corrected chi connectivity index (χ4v) is 7.42. The van der Waals surface area contributed by atoms with Gasteiger partial charge in [-0.15, -0.1) is 0 Å². The molecule has 0 aliphatic carbocycles. The summed E-state index contributed by atoms with van der Waals surface area (Å²) in [5, 5.41) is 97.2. The number of carbonyl (C=O) groups excluding carboxylic acids is 3. The van der Waals surface area contributed by atoms with E-state index in [-0.39, 0.29) is 116 Å². The van der Waals surface area contributed by atoms with Crippen LogP contribution in [0.2, 0.25) is 1.41 Å². The average Bonchev–Trinajstić information content (AvgIpc) is 3.34. The summed E-state index contributed by atoms with van der Waals surface area (Å²) in [4.78, 5) is 37.7. The number of hydrogen-bond donors (Lipinski definition) is 13. The first-order chi connectivity index (χ1) is 33.0. The van der Waals surface area contributed by atoms with Crippen LogP contribution >= 0.6 is 0 Å². The van der Waals surface area contributed by atoms with Crippen molar-refractivity contribution < 1.29 is 104 Å². The molecule has 3 heterocycles. The second kappa shape index (κ2) is 31.9. The van der Waals surface area contributed by atoms with E-state index in [1.165, 1.54) is 0 Å². The molecule has 25 nitrogen and oxygen atoms in total. The van der Waals surface area contributed by atoms with Gasteiger partial charge in [-0.1, -0.05) is 20.8 Å². The van der Waals surface area contributed by atoms with Gasteiger partial charge in [-0.3, -0.25) is 14.4 Å². The van der Waals surface area contributed by atoms with E-state index in [9.17, 15) is 60.3 Å². The standard InChI is InChI=1S/C43H80N4O21/c1-25-34(54)37(57)28(19-48)66-40(25)63-13-4-10-45-31(51)7-16-60-22-43(44,23-61-17-8-32(52)46-11-5-14-64-41-26(2)35(55)38(58)29(20-49)67-41)24-62-18-9-33(53)47-12-6-15-65-42-27(3)36(56)39(59)30(21-50)68-42/h25-30,34-42,48-50,54-59H,4-24,44H2,1-3H3,(H,45,51)(H,46,52)(H,47,53)/t25?,26?,27?,28?,29?,30?,34-,35-,36-,37+,38+,39+,40-,41-,42-,43?/m1/s1/i/hT. The van der Waals surface area contributed by atoms with Crippen LogP contribution in [0.1, 0.15) is 59.3 Å². The second-order valence-corrected chi connectivity index (χ2v) is 17.6. The van der Waals surface area contributed by atoms with Gasteiger partial charge in [0.15, 0.2) is 18.9 Å². The molecule has 0 aromatic carbocycles. The highest BCUT2D eigenvalue weighted by Crippen LogP contribution is 2.29. The van der Waals surface area contributed by atoms with Crippen molar-refractivity contribution in [2.45, 2.75) is 139 Å². The van der Waals surface area contributed by atoms with E-state index >= 15 is 0 Å². The van der Waals surface area contributed by atoms with Crippen LogP contribution in [0.3, 0.4) is 0 Å². The Morgan fingerprint density at radius 3 is 1.03 bits per heavy atom. The van der Waals surface area contributed by atoms with E-state index in [1.807, 2.05) is 0 Å². The third-order valence-electron chi connectivity index (χ3n) is 11.9. The van der Waals surface area contributed by atoms with Gasteiger partial charge in [0.25, 0.3) is 0 Å². The first-order valence-corrected chi connectivity index (χ1v) is 23.5. The summed E-state index contributed by atoms with van der Waals surface area (Å²) >= 11 is 0. The van der Waals surface area contributed by atoms with Crippen LogP contribution in [0.15, 0.2) is 0 Å². The van der Waals surface area contributed by atoms with Crippen molar-refractivity contribution >= 4 is 17.7 Å². The van der Waals surface area contributed by atoms with Crippen LogP contribution < -0.4 is 21.7 Å². The number of nitrogens with one attached hydrogen (secondary N) is 3. The SMILES string of the molecule is [3H]NC(COCCC(=O)NCCCO[C@@H]1OC(CO)[C@H](O)[C@H](O)C1C)(COCCC(=O)NCCCO[C@@H]1OC(CO)[C@H](O)[C@H](O)C1C)COCCC(=O)NCCCO[C@@H]1OC(CO)[C@H](O)[C@H](O)C1C. The van der Waals surface area contributed by atoms with Gasteiger partial charge in [0, 0.05) is 56.7 Å². The number of aliphatic hydroxyl groups is 9. The fraction of sp³-hybridized carbons (Fsp3) is 0.930. The number of carbonyl (C=O) groups is 3. The molecule has 14 N–H and O–H groups in total. The Balaban J connectivity index is 1.39. The zero-order valence-corrected chi connectivity index (χ0v) is 39.4. The molecule has 3 aliphatic heterocycles. The quantitative estimate of drug-likeness (QED) is 0.0268. The van der Waals surface area contributed by atoms with Crippen molar-refractivity contribution in [3.63, 3.8) is 0 Å². The predicted molar refractivity (Wildman–Crippen MR) is 235 cm³/mol. The molecule has 0 bridgehead atoms. The Bertz CT molecular complexity index is 1290. The minimum Gasteiger partial charge on any atom is -0.394 e. The summed E-state index contributed by atoms with van der Waals surface area (Å²) in [6.45, 7) is 4.21. The summed E-state index contributed by atoms with van der Waals surface area (Å²) in [5.74, 6) is -2.60. The van der Waals surface area contributed by atoms with Crippen LogP contribution in [0, 0.1) is 17.8 Å². The number of ether oxygens (including phenoxy) is 9. The van der Waals surface area contributed by atoms with Crippen molar-refractivity contribution in [2.24, 2.45) is 23.5 Å². The average molecular weight is 991 g/mol. The van der Waals surface area contributed by atoms with Gasteiger partial charge >= 0.3 is 0 Å². The Kier molecular flexibility index (Phi) is 27.3. The van der Waals surface area contributed by atoms with Gasteiger partial charge in [-0.05, 0) is 19.3 Å². The van der Waals surface area contributed by atoms with Gasteiger partial charge in [-0.25, -0.2) is 0 Å². The summed E-state index contributed by atoms with van der Waals surface area (Å²) in [7, 11) is 0. The van der Waals surface area contributed by atoms with Gasteiger partial charge in [0.2, 0.25) is 17.7 Å². The molecular weight excluding hydrogens is 908 g/mol. The Morgan fingerprint density at radius 1 is 0.500 bits per heavy atom.